The first-order chi connectivity index (χ1) is 9.11. The van der Waals surface area contributed by atoms with Crippen LogP contribution in [0.2, 0.25) is 5.02 Å². The van der Waals surface area contributed by atoms with Gasteiger partial charge in [0.15, 0.2) is 0 Å². The van der Waals surface area contributed by atoms with Crippen molar-refractivity contribution in [2.24, 2.45) is 0 Å². The van der Waals surface area contributed by atoms with Gasteiger partial charge in [-0.15, -0.1) is 0 Å². The number of carbonyl (C=O) groups is 1. The van der Waals surface area contributed by atoms with Gasteiger partial charge in [-0.2, -0.15) is 0 Å². The van der Waals surface area contributed by atoms with Gasteiger partial charge in [0.05, 0.1) is 16.3 Å². The van der Waals surface area contributed by atoms with E-state index >= 15 is 0 Å². The second-order valence-corrected chi connectivity index (χ2v) is 5.27. The third kappa shape index (κ3) is 1.94. The fraction of sp³-hybridized carbons (Fsp3) is 0.267. The minimum Gasteiger partial charge on any atom is -0.478 e. The smallest absolute Gasteiger partial charge is 0.339 e. The molecule has 0 aliphatic heterocycles. The van der Waals surface area contributed by atoms with Gasteiger partial charge in [-0.05, 0) is 25.3 Å². The van der Waals surface area contributed by atoms with Gasteiger partial charge in [0.2, 0.25) is 0 Å². The molecule has 0 radical (unpaired) electrons. The Kier molecular flexibility index (Phi) is 2.86. The summed E-state index contributed by atoms with van der Waals surface area (Å²) in [6, 6.07) is 10.1. The van der Waals surface area contributed by atoms with Crippen molar-refractivity contribution in [3.63, 3.8) is 0 Å². The number of rotatable bonds is 3. The van der Waals surface area contributed by atoms with E-state index in [-0.39, 0.29) is 5.56 Å². The van der Waals surface area contributed by atoms with Crippen molar-refractivity contribution < 1.29 is 9.90 Å². The van der Waals surface area contributed by atoms with Crippen LogP contribution in [0.25, 0.3) is 11.3 Å². The molecule has 1 aliphatic rings. The molecule has 1 fully saturated rings. The molecule has 1 aromatic heterocycles. The van der Waals surface area contributed by atoms with Crippen LogP contribution in [-0.4, -0.2) is 15.6 Å². The Morgan fingerprint density at radius 3 is 2.47 bits per heavy atom. The summed E-state index contributed by atoms with van der Waals surface area (Å²) in [6.45, 7) is 1.83. The highest BCUT2D eigenvalue weighted by atomic mass is 35.5. The topological polar surface area (TPSA) is 42.2 Å². The summed E-state index contributed by atoms with van der Waals surface area (Å²) in [7, 11) is 0. The molecule has 0 bridgehead atoms. The second-order valence-electron chi connectivity index (χ2n) is 4.90. The monoisotopic (exact) mass is 275 g/mol. The van der Waals surface area contributed by atoms with Crippen LogP contribution in [0.3, 0.4) is 0 Å². The average Bonchev–Trinajstić information content (AvgIpc) is 3.16. The van der Waals surface area contributed by atoms with Crippen molar-refractivity contribution in [1.82, 2.24) is 4.57 Å². The third-order valence-electron chi connectivity index (χ3n) is 3.56. The SMILES string of the molecule is Cc1c(C(=O)O)c(Cl)c(-c2ccccc2)n1C1CC1. The average molecular weight is 276 g/mol. The molecule has 1 aromatic carbocycles. The Labute approximate surface area is 116 Å². The number of halogens is 1. The van der Waals surface area contributed by atoms with Gasteiger partial charge in [0, 0.05) is 11.7 Å². The van der Waals surface area contributed by atoms with E-state index in [1.807, 2.05) is 37.3 Å². The highest BCUT2D eigenvalue weighted by Gasteiger charge is 2.33. The molecule has 0 atom stereocenters. The lowest BCUT2D eigenvalue weighted by Crippen LogP contribution is -2.02. The quantitative estimate of drug-likeness (QED) is 0.914. The second kappa shape index (κ2) is 4.42. The molecule has 3 rings (SSSR count). The minimum absolute atomic E-state index is 0.229. The number of carboxylic acids is 1. The van der Waals surface area contributed by atoms with Crippen LogP contribution in [0.15, 0.2) is 30.3 Å². The summed E-state index contributed by atoms with van der Waals surface area (Å²) < 4.78 is 2.08. The Balaban J connectivity index is 2.28. The predicted octanol–water partition coefficient (Wildman–Crippen LogP) is 4.15. The normalized spacial score (nSPS) is 14.6. The molecule has 1 aliphatic carbocycles. The molecule has 4 heteroatoms. The van der Waals surface area contributed by atoms with Gasteiger partial charge in [-0.25, -0.2) is 4.79 Å². The van der Waals surface area contributed by atoms with Crippen LogP contribution in [0.5, 0.6) is 0 Å². The number of carboxylic acid groups (broad SMARTS) is 1. The van der Waals surface area contributed by atoms with Gasteiger partial charge < -0.3 is 9.67 Å². The van der Waals surface area contributed by atoms with E-state index in [4.69, 9.17) is 11.6 Å². The van der Waals surface area contributed by atoms with E-state index in [9.17, 15) is 9.90 Å². The number of hydrogen-bond acceptors (Lipinski definition) is 1. The molecule has 0 unspecified atom stereocenters. The molecule has 0 saturated heterocycles. The maximum Gasteiger partial charge on any atom is 0.339 e. The summed E-state index contributed by atoms with van der Waals surface area (Å²) in [4.78, 5) is 11.4. The molecule has 0 spiro atoms. The predicted molar refractivity (Wildman–Crippen MR) is 74.8 cm³/mol. The Morgan fingerprint density at radius 2 is 1.95 bits per heavy atom. The standard InChI is InChI=1S/C15H14ClNO2/c1-9-12(15(18)19)13(16)14(17(9)11-7-8-11)10-5-3-2-4-6-10/h2-6,11H,7-8H2,1H3,(H,18,19). The van der Waals surface area contributed by atoms with Gasteiger partial charge in [0.1, 0.15) is 0 Å². The molecule has 19 heavy (non-hydrogen) atoms. The molecule has 98 valence electrons. The lowest BCUT2D eigenvalue weighted by Gasteiger charge is -2.10. The van der Waals surface area contributed by atoms with Crippen molar-refractivity contribution >= 4 is 17.6 Å². The van der Waals surface area contributed by atoms with Crippen molar-refractivity contribution in [1.29, 1.82) is 0 Å². The Bertz CT molecular complexity index is 642. The molecule has 2 aromatic rings. The first-order valence-corrected chi connectivity index (χ1v) is 6.68. The first-order valence-electron chi connectivity index (χ1n) is 6.30. The van der Waals surface area contributed by atoms with Crippen LogP contribution >= 0.6 is 11.6 Å². The van der Waals surface area contributed by atoms with Crippen molar-refractivity contribution in [3.05, 3.63) is 46.6 Å². The molecule has 1 N–H and O–H groups in total. The fourth-order valence-electron chi connectivity index (χ4n) is 2.57. The maximum absolute atomic E-state index is 11.4. The minimum atomic E-state index is -0.959. The van der Waals surface area contributed by atoms with Gasteiger partial charge in [-0.3, -0.25) is 0 Å². The molecule has 3 nitrogen and oxygen atoms in total. The maximum atomic E-state index is 11.4. The number of nitrogens with zero attached hydrogens (tertiary/aromatic N) is 1. The van der Waals surface area contributed by atoms with Gasteiger partial charge in [0.25, 0.3) is 0 Å². The summed E-state index contributed by atoms with van der Waals surface area (Å²) in [5.74, 6) is -0.959. The summed E-state index contributed by atoms with van der Waals surface area (Å²) in [5.41, 5.74) is 2.78. The van der Waals surface area contributed by atoms with Crippen molar-refractivity contribution in [2.75, 3.05) is 0 Å². The first kappa shape index (κ1) is 12.3. The highest BCUT2D eigenvalue weighted by Crippen LogP contribution is 2.45. The number of benzene rings is 1. The summed E-state index contributed by atoms with van der Waals surface area (Å²) in [5, 5.41) is 9.69. The van der Waals surface area contributed by atoms with Crippen LogP contribution in [0.4, 0.5) is 0 Å². The van der Waals surface area contributed by atoms with E-state index in [0.29, 0.717) is 11.1 Å². The van der Waals surface area contributed by atoms with Crippen LogP contribution < -0.4 is 0 Å². The molecule has 1 heterocycles. The van der Waals surface area contributed by atoms with E-state index in [1.165, 1.54) is 0 Å². The van der Waals surface area contributed by atoms with E-state index in [1.54, 1.807) is 0 Å². The number of aromatic carboxylic acids is 1. The van der Waals surface area contributed by atoms with Crippen molar-refractivity contribution in [3.8, 4) is 11.3 Å². The Morgan fingerprint density at radius 1 is 1.32 bits per heavy atom. The lowest BCUT2D eigenvalue weighted by molar-refractivity contribution is 0.0696. The highest BCUT2D eigenvalue weighted by molar-refractivity contribution is 6.36. The summed E-state index contributed by atoms with van der Waals surface area (Å²) >= 11 is 6.33. The van der Waals surface area contributed by atoms with Crippen LogP contribution in [0.1, 0.15) is 34.9 Å². The number of hydrogen-bond donors (Lipinski definition) is 1. The van der Waals surface area contributed by atoms with E-state index in [2.05, 4.69) is 4.57 Å². The molecular formula is C15H14ClNO2. The zero-order chi connectivity index (χ0) is 13.6. The van der Waals surface area contributed by atoms with Crippen molar-refractivity contribution in [2.45, 2.75) is 25.8 Å². The zero-order valence-electron chi connectivity index (χ0n) is 10.6. The van der Waals surface area contributed by atoms with Crippen LogP contribution in [0, 0.1) is 6.92 Å². The molecule has 1 saturated carbocycles. The molecule has 0 amide bonds. The third-order valence-corrected chi connectivity index (χ3v) is 3.93. The largest absolute Gasteiger partial charge is 0.478 e. The Hall–Kier alpha value is -1.74. The fourth-order valence-corrected chi connectivity index (χ4v) is 2.99. The summed E-state index contributed by atoms with van der Waals surface area (Å²) in [6.07, 6.45) is 2.18. The van der Waals surface area contributed by atoms with Gasteiger partial charge in [-0.1, -0.05) is 41.9 Å². The van der Waals surface area contributed by atoms with E-state index in [0.717, 1.165) is 29.8 Å². The molecular weight excluding hydrogens is 262 g/mol. The van der Waals surface area contributed by atoms with Gasteiger partial charge >= 0.3 is 5.97 Å². The van der Waals surface area contributed by atoms with Crippen LogP contribution in [-0.2, 0) is 0 Å². The zero-order valence-corrected chi connectivity index (χ0v) is 11.3. The van der Waals surface area contributed by atoms with E-state index < -0.39 is 5.97 Å². The number of aromatic nitrogens is 1. The lowest BCUT2D eigenvalue weighted by atomic mass is 10.1.